The van der Waals surface area contributed by atoms with Crippen LogP contribution in [0.4, 0.5) is 0 Å². The normalized spacial score (nSPS) is 12.4. The van der Waals surface area contributed by atoms with Crippen LogP contribution < -0.4 is 0 Å². The van der Waals surface area contributed by atoms with Crippen LogP contribution in [0.15, 0.2) is 11.6 Å². The van der Waals surface area contributed by atoms with Gasteiger partial charge >= 0.3 is 0 Å². The van der Waals surface area contributed by atoms with Crippen molar-refractivity contribution in [3.05, 3.63) is 11.6 Å². The van der Waals surface area contributed by atoms with Gasteiger partial charge in [0.15, 0.2) is 6.29 Å². The number of carbonyl (C=O) groups excluding carboxylic acids is 1. The van der Waals surface area contributed by atoms with Crippen molar-refractivity contribution in [1.82, 2.24) is 0 Å². The molecule has 0 spiro atoms. The molecule has 0 radical (unpaired) electrons. The Morgan fingerprint density at radius 3 is 2.10 bits per heavy atom. The molecule has 0 aliphatic heterocycles. The first-order valence-corrected chi connectivity index (χ1v) is 3.08. The number of allylic oxidation sites excluding steroid dienone is 2. The van der Waals surface area contributed by atoms with Crippen LogP contribution in [0.1, 0.15) is 20.8 Å². The molecule has 0 saturated heterocycles. The van der Waals surface area contributed by atoms with Crippen molar-refractivity contribution in [1.29, 1.82) is 5.26 Å². The lowest BCUT2D eigenvalue weighted by atomic mass is 9.94. The van der Waals surface area contributed by atoms with E-state index in [-0.39, 0.29) is 11.0 Å². The molecular formula is C8H11NO. The Labute approximate surface area is 61.2 Å². The molecule has 0 aromatic heterocycles. The largest absolute Gasteiger partial charge is 0.297 e. The van der Waals surface area contributed by atoms with Gasteiger partial charge in [-0.05, 0) is 5.41 Å². The number of carbonyl (C=O) groups is 1. The minimum Gasteiger partial charge on any atom is -0.297 e. The lowest BCUT2D eigenvalue weighted by Gasteiger charge is -2.10. The molecule has 0 aromatic carbocycles. The summed E-state index contributed by atoms with van der Waals surface area (Å²) in [5, 5.41) is 8.34. The Morgan fingerprint density at radius 1 is 1.50 bits per heavy atom. The Kier molecular flexibility index (Phi) is 2.82. The van der Waals surface area contributed by atoms with E-state index in [9.17, 15) is 4.79 Å². The molecule has 0 aromatic rings. The Balaban J connectivity index is 4.45. The second-order valence-corrected chi connectivity index (χ2v) is 3.20. The topological polar surface area (TPSA) is 40.9 Å². The molecule has 0 aliphatic rings. The zero-order valence-corrected chi connectivity index (χ0v) is 6.51. The number of rotatable bonds is 1. The summed E-state index contributed by atoms with van der Waals surface area (Å²) in [7, 11) is 0. The predicted octanol–water partition coefficient (Wildman–Crippen LogP) is 1.68. The average molecular weight is 137 g/mol. The minimum atomic E-state index is -0.0913. The van der Waals surface area contributed by atoms with Crippen molar-refractivity contribution in [2.45, 2.75) is 20.8 Å². The summed E-state index contributed by atoms with van der Waals surface area (Å²) >= 11 is 0. The molecule has 2 nitrogen and oxygen atoms in total. The molecule has 0 rings (SSSR count). The van der Waals surface area contributed by atoms with E-state index < -0.39 is 0 Å². The maximum absolute atomic E-state index is 10.1. The van der Waals surface area contributed by atoms with E-state index in [4.69, 9.17) is 5.26 Å². The van der Waals surface area contributed by atoms with Gasteiger partial charge < -0.3 is 0 Å². The second-order valence-electron chi connectivity index (χ2n) is 3.20. The first-order chi connectivity index (χ1) is 4.49. The fourth-order valence-electron chi connectivity index (χ4n) is 0.559. The van der Waals surface area contributed by atoms with E-state index in [2.05, 4.69) is 0 Å². The maximum Gasteiger partial charge on any atom is 0.160 e. The summed E-state index contributed by atoms with van der Waals surface area (Å²) in [6.07, 6.45) is 2.23. The van der Waals surface area contributed by atoms with Gasteiger partial charge in [-0.25, -0.2) is 0 Å². The first-order valence-electron chi connectivity index (χ1n) is 3.08. The molecule has 10 heavy (non-hydrogen) atoms. The van der Waals surface area contributed by atoms with Crippen molar-refractivity contribution in [3.63, 3.8) is 0 Å². The van der Waals surface area contributed by atoms with Crippen molar-refractivity contribution in [2.75, 3.05) is 0 Å². The Morgan fingerprint density at radius 2 is 2.00 bits per heavy atom. The van der Waals surface area contributed by atoms with E-state index in [0.29, 0.717) is 6.29 Å². The molecule has 0 amide bonds. The number of hydrogen-bond acceptors (Lipinski definition) is 2. The third-order valence-corrected chi connectivity index (χ3v) is 0.845. The highest BCUT2D eigenvalue weighted by molar-refractivity contribution is 5.78. The van der Waals surface area contributed by atoms with Gasteiger partial charge in [0.2, 0.25) is 0 Å². The molecule has 0 N–H and O–H groups in total. The Bertz CT molecular complexity index is 190. The monoisotopic (exact) mass is 137 g/mol. The van der Waals surface area contributed by atoms with Crippen LogP contribution in [0.3, 0.4) is 0 Å². The van der Waals surface area contributed by atoms with Gasteiger partial charge in [0.25, 0.3) is 0 Å². The first kappa shape index (κ1) is 8.90. The van der Waals surface area contributed by atoms with Gasteiger partial charge in [-0.1, -0.05) is 26.8 Å². The molecule has 0 bridgehead atoms. The fourth-order valence-corrected chi connectivity index (χ4v) is 0.559. The van der Waals surface area contributed by atoms with Gasteiger partial charge in [-0.3, -0.25) is 4.79 Å². The van der Waals surface area contributed by atoms with Crippen LogP contribution in [0.25, 0.3) is 0 Å². The maximum atomic E-state index is 10.1. The molecule has 0 aliphatic carbocycles. The van der Waals surface area contributed by atoms with E-state index in [0.717, 1.165) is 0 Å². The molecule has 0 fully saturated rings. The molecule has 2 heteroatoms. The lowest BCUT2D eigenvalue weighted by molar-refractivity contribution is -0.104. The highest BCUT2D eigenvalue weighted by Crippen LogP contribution is 2.16. The quantitative estimate of drug-likeness (QED) is 0.313. The van der Waals surface area contributed by atoms with Gasteiger partial charge in [-0.15, -0.1) is 0 Å². The molecule has 0 heterocycles. The third-order valence-electron chi connectivity index (χ3n) is 0.845. The number of aldehydes is 1. The molecule has 54 valence electrons. The number of nitrogens with zero attached hydrogens (tertiary/aromatic N) is 1. The highest BCUT2D eigenvalue weighted by atomic mass is 16.1. The number of nitriles is 1. The molecule has 0 atom stereocenters. The van der Waals surface area contributed by atoms with E-state index in [1.54, 1.807) is 12.1 Å². The van der Waals surface area contributed by atoms with Crippen molar-refractivity contribution in [2.24, 2.45) is 5.41 Å². The van der Waals surface area contributed by atoms with Crippen molar-refractivity contribution >= 4 is 6.29 Å². The summed E-state index contributed by atoms with van der Waals surface area (Å²) in [6.45, 7) is 5.82. The van der Waals surface area contributed by atoms with Crippen LogP contribution in [0.5, 0.6) is 0 Å². The standard InChI is InChI=1S/C8H11NO/c1-8(2,3)4-7(5-9)6-10/h4,6H,1-3H3. The zero-order chi connectivity index (χ0) is 8.20. The molecular weight excluding hydrogens is 126 g/mol. The molecule has 0 saturated carbocycles. The summed E-state index contributed by atoms with van der Waals surface area (Å²) in [4.78, 5) is 10.1. The smallest absolute Gasteiger partial charge is 0.160 e. The van der Waals surface area contributed by atoms with Crippen LogP contribution in [0, 0.1) is 16.7 Å². The Hall–Kier alpha value is -1.10. The van der Waals surface area contributed by atoms with E-state index >= 15 is 0 Å². The van der Waals surface area contributed by atoms with Crippen LogP contribution >= 0.6 is 0 Å². The average Bonchev–Trinajstić information content (AvgIpc) is 1.81. The summed E-state index contributed by atoms with van der Waals surface area (Å²) in [5.41, 5.74) is 0.110. The fraction of sp³-hybridized carbons (Fsp3) is 0.500. The van der Waals surface area contributed by atoms with Gasteiger partial charge in [0.05, 0.1) is 5.57 Å². The third kappa shape index (κ3) is 3.85. The van der Waals surface area contributed by atoms with Gasteiger partial charge in [-0.2, -0.15) is 5.26 Å². The van der Waals surface area contributed by atoms with Gasteiger partial charge in [0.1, 0.15) is 6.07 Å². The zero-order valence-electron chi connectivity index (χ0n) is 6.51. The predicted molar refractivity (Wildman–Crippen MR) is 39.2 cm³/mol. The summed E-state index contributed by atoms with van der Waals surface area (Å²) < 4.78 is 0. The lowest BCUT2D eigenvalue weighted by Crippen LogP contribution is -2.01. The molecule has 0 unspecified atom stereocenters. The van der Waals surface area contributed by atoms with Crippen LogP contribution in [-0.4, -0.2) is 6.29 Å². The van der Waals surface area contributed by atoms with E-state index in [1.807, 2.05) is 20.8 Å². The van der Waals surface area contributed by atoms with Crippen molar-refractivity contribution in [3.8, 4) is 6.07 Å². The van der Waals surface area contributed by atoms with E-state index in [1.165, 1.54) is 0 Å². The minimum absolute atomic E-state index is 0.0913. The summed E-state index contributed by atoms with van der Waals surface area (Å²) in [6, 6.07) is 1.80. The van der Waals surface area contributed by atoms with Crippen molar-refractivity contribution < 1.29 is 4.79 Å². The van der Waals surface area contributed by atoms with Gasteiger partial charge in [0, 0.05) is 0 Å². The van der Waals surface area contributed by atoms with Crippen LogP contribution in [0.2, 0.25) is 0 Å². The summed E-state index contributed by atoms with van der Waals surface area (Å²) in [5.74, 6) is 0. The highest BCUT2D eigenvalue weighted by Gasteiger charge is 2.06. The van der Waals surface area contributed by atoms with Crippen LogP contribution in [-0.2, 0) is 4.79 Å². The SMILES string of the molecule is CC(C)(C)C=C(C#N)C=O. The second kappa shape index (κ2) is 3.17. The number of hydrogen-bond donors (Lipinski definition) is 0.